The number of aliphatic hydroxyl groups is 2. The van der Waals surface area contributed by atoms with Crippen molar-refractivity contribution in [3.05, 3.63) is 165 Å². The largest absolute Gasteiger partial charge is 0.416 e. The van der Waals surface area contributed by atoms with Crippen LogP contribution in [-0.2, 0) is 74.0 Å². The van der Waals surface area contributed by atoms with Gasteiger partial charge >= 0.3 is 36.6 Å². The summed E-state index contributed by atoms with van der Waals surface area (Å²) in [5.41, 5.74) is -4.42. The van der Waals surface area contributed by atoms with Gasteiger partial charge in [0.2, 0.25) is 23.6 Å². The highest BCUT2D eigenvalue weighted by atomic mass is 19.4. The van der Waals surface area contributed by atoms with Crippen LogP contribution >= 0.6 is 0 Å². The number of hydrogen-bond donors (Lipinski definition) is 4. The fraction of sp³-hybridized carbons (Fsp3) is 0.394. The summed E-state index contributed by atoms with van der Waals surface area (Å²) in [5.74, 6) is -9.57. The van der Waals surface area contributed by atoms with Crippen LogP contribution in [0, 0.1) is 25.5 Å². The van der Waals surface area contributed by atoms with Crippen LogP contribution in [0.3, 0.4) is 0 Å². The zero-order valence-corrected chi connectivity index (χ0v) is 53.7. The van der Waals surface area contributed by atoms with Crippen LogP contribution < -0.4 is 21.3 Å². The van der Waals surface area contributed by atoms with Crippen molar-refractivity contribution in [3.63, 3.8) is 0 Å². The van der Waals surface area contributed by atoms with Gasteiger partial charge < -0.3 is 41.2 Å². The molecule has 0 spiro atoms. The summed E-state index contributed by atoms with van der Waals surface area (Å²) in [4.78, 5) is 106. The highest BCUT2D eigenvalue weighted by molar-refractivity contribution is 6.04. The molecule has 2 fully saturated rings. The van der Waals surface area contributed by atoms with Crippen molar-refractivity contribution >= 4 is 46.9 Å². The number of anilines is 2. The van der Waals surface area contributed by atoms with Crippen molar-refractivity contribution in [2.24, 2.45) is 11.5 Å². The van der Waals surface area contributed by atoms with Gasteiger partial charge in [0, 0.05) is 25.2 Å². The van der Waals surface area contributed by atoms with Gasteiger partial charge in [-0.2, -0.15) is 52.7 Å². The van der Waals surface area contributed by atoms with E-state index in [9.17, 15) is 100 Å². The second-order valence-corrected chi connectivity index (χ2v) is 25.5. The number of aliphatic hydroxyl groups excluding tert-OH is 2. The maximum absolute atomic E-state index is 14.7. The van der Waals surface area contributed by atoms with E-state index in [-0.39, 0.29) is 94.0 Å². The summed E-state index contributed by atoms with van der Waals surface area (Å²) in [6.45, 7) is 9.67. The van der Waals surface area contributed by atoms with Crippen molar-refractivity contribution in [2.45, 2.75) is 152 Å². The number of halogens is 14. The van der Waals surface area contributed by atoms with Crippen LogP contribution in [0.25, 0.3) is 22.3 Å². The standard InChI is InChI=1S/C66H64F14N8O10/c1-31-19-39(67)11-13-41(31)43-27-45(83-29-49(43)85(9)57(95)59(3,4)33-21-35(63(69,70)71)25-36(22-33)64(72,73)74)47-15-17-61(7,55(81)93)87(47)97-53(91)51(89)52(90)54(92)98-88-48(16-18-62(88,8)56(82)94)46-28-44(42-14-12-40(68)20-32(42)2)50(30-84-46)86(10)58(96)60(5,6)34-23-37(65(75,76)77)26-38(24-34)66(78,79)80/h11-14,19-30,47-48,51-52,89-90H,15-18H2,1-10H3,(H2,81,93)(H2,82,94)/t47-,48-,51?,52?,61-,62-/m1/s1. The highest BCUT2D eigenvalue weighted by Crippen LogP contribution is 2.49. The Balaban J connectivity index is 1.10. The maximum atomic E-state index is 14.7. The quantitative estimate of drug-likeness (QED) is 0.0620. The molecule has 526 valence electrons. The van der Waals surface area contributed by atoms with Crippen molar-refractivity contribution in [2.75, 3.05) is 23.9 Å². The van der Waals surface area contributed by atoms with Gasteiger partial charge in [-0.05, 0) is 187 Å². The molecule has 18 nitrogen and oxygen atoms in total. The Morgan fingerprint density at radius 1 is 0.500 bits per heavy atom. The molecule has 6 aromatic rings. The summed E-state index contributed by atoms with van der Waals surface area (Å²) in [6, 6.07) is 8.02. The predicted octanol–water partition coefficient (Wildman–Crippen LogP) is 11.8. The third-order valence-corrected chi connectivity index (χ3v) is 18.0. The van der Waals surface area contributed by atoms with Crippen LogP contribution in [0.5, 0.6) is 0 Å². The summed E-state index contributed by atoms with van der Waals surface area (Å²) in [5, 5.41) is 24.3. The summed E-state index contributed by atoms with van der Waals surface area (Å²) >= 11 is 0. The van der Waals surface area contributed by atoms with Gasteiger partial charge in [-0.25, -0.2) is 18.4 Å². The van der Waals surface area contributed by atoms with Crippen LogP contribution in [0.2, 0.25) is 0 Å². The van der Waals surface area contributed by atoms with Crippen LogP contribution in [-0.4, -0.2) is 103 Å². The monoisotopic (exact) mass is 1390 g/mol. The number of alkyl halides is 12. The number of aryl methyl sites for hydroxylation is 2. The number of nitrogens with zero attached hydrogens (tertiary/aromatic N) is 6. The number of amides is 4. The predicted molar refractivity (Wildman–Crippen MR) is 322 cm³/mol. The average Bonchev–Trinajstić information content (AvgIpc) is 1.42. The number of primary amides is 2. The van der Waals surface area contributed by atoms with E-state index >= 15 is 0 Å². The molecule has 32 heteroatoms. The Hall–Kier alpha value is -9.14. The first-order chi connectivity index (χ1) is 45.0. The number of likely N-dealkylation sites (N-methyl/N-ethyl adjacent to an activating group) is 2. The second-order valence-electron chi connectivity index (χ2n) is 25.5. The summed E-state index contributed by atoms with van der Waals surface area (Å²) in [6.07, 6.45) is -25.7. The summed E-state index contributed by atoms with van der Waals surface area (Å²) < 4.78 is 198. The summed E-state index contributed by atoms with van der Waals surface area (Å²) in [7, 11) is 2.28. The number of benzene rings is 4. The molecule has 98 heavy (non-hydrogen) atoms. The Morgan fingerprint density at radius 3 is 1.05 bits per heavy atom. The lowest BCUT2D eigenvalue weighted by molar-refractivity contribution is -0.243. The van der Waals surface area contributed by atoms with E-state index in [0.29, 0.717) is 34.4 Å². The van der Waals surface area contributed by atoms with Gasteiger partial charge in [-0.15, -0.1) is 10.1 Å². The third kappa shape index (κ3) is 14.4. The molecule has 0 saturated carbocycles. The molecule has 6 atom stereocenters. The molecule has 2 aliphatic heterocycles. The maximum Gasteiger partial charge on any atom is 0.416 e. The van der Waals surface area contributed by atoms with E-state index in [1.165, 1.54) is 52.0 Å². The topological polar surface area (TPSA) is 252 Å². The smallest absolute Gasteiger partial charge is 0.379 e. The lowest BCUT2D eigenvalue weighted by atomic mass is 9.81. The Labute approximate surface area is 550 Å². The molecule has 2 aliphatic rings. The number of rotatable bonds is 17. The van der Waals surface area contributed by atoms with Gasteiger partial charge in [-0.1, -0.05) is 12.1 Å². The zero-order chi connectivity index (χ0) is 73.4. The number of aromatic nitrogens is 2. The minimum Gasteiger partial charge on any atom is -0.379 e. The average molecular weight is 1400 g/mol. The van der Waals surface area contributed by atoms with Gasteiger partial charge in [0.25, 0.3) is 0 Å². The third-order valence-electron chi connectivity index (χ3n) is 18.0. The minimum atomic E-state index is -5.28. The van der Waals surface area contributed by atoms with Gasteiger partial charge in [0.1, 0.15) is 22.7 Å². The normalized spacial score (nSPS) is 19.6. The second kappa shape index (κ2) is 26.3. The molecule has 6 N–H and O–H groups in total. The van der Waals surface area contributed by atoms with Crippen LogP contribution in [0.1, 0.15) is 135 Å². The zero-order valence-electron chi connectivity index (χ0n) is 53.7. The first kappa shape index (κ1) is 74.6. The molecular formula is C66H64F14N8O10. The molecule has 8 rings (SSSR count). The Kier molecular flexibility index (Phi) is 20.0. The van der Waals surface area contributed by atoms with Gasteiger partial charge in [-0.3, -0.25) is 29.1 Å². The van der Waals surface area contributed by atoms with Crippen LogP contribution in [0.15, 0.2) is 97.3 Å². The number of carbonyl (C=O) groups is 6. The van der Waals surface area contributed by atoms with E-state index in [0.717, 1.165) is 88.2 Å². The molecule has 0 aliphatic carbocycles. The molecule has 0 radical (unpaired) electrons. The number of hydroxylamine groups is 4. The van der Waals surface area contributed by atoms with Crippen molar-refractivity contribution in [1.82, 2.24) is 20.1 Å². The van der Waals surface area contributed by atoms with E-state index in [2.05, 4.69) is 9.97 Å². The fourth-order valence-electron chi connectivity index (χ4n) is 11.9. The molecule has 2 saturated heterocycles. The number of pyridine rings is 2. The molecule has 0 bridgehead atoms. The van der Waals surface area contributed by atoms with E-state index in [1.54, 1.807) is 0 Å². The van der Waals surface area contributed by atoms with Crippen LogP contribution in [0.4, 0.5) is 72.8 Å². The van der Waals surface area contributed by atoms with E-state index < -0.39 is 151 Å². The molecule has 4 aromatic carbocycles. The van der Waals surface area contributed by atoms with Crippen molar-refractivity contribution < 1.29 is 110 Å². The first-order valence-electron chi connectivity index (χ1n) is 29.6. The van der Waals surface area contributed by atoms with Crippen molar-refractivity contribution in [3.8, 4) is 22.3 Å². The lowest BCUT2D eigenvalue weighted by Gasteiger charge is -2.36. The Bertz CT molecular complexity index is 3850. The number of hydrogen-bond acceptors (Lipinski definition) is 14. The van der Waals surface area contributed by atoms with Crippen molar-refractivity contribution in [1.29, 1.82) is 0 Å². The van der Waals surface area contributed by atoms with Gasteiger partial charge in [0.05, 0.1) is 80.3 Å². The van der Waals surface area contributed by atoms with Gasteiger partial charge in [0.15, 0.2) is 12.2 Å². The number of nitrogens with two attached hydrogens (primary N) is 2. The molecule has 4 amide bonds. The SMILES string of the molecule is Cc1cc(F)ccc1-c1cc([C@H]2CC[C@](C)(C(N)=O)N2OC(=O)C(O)C(O)C(=O)ON2[C@@H](c3cc(-c4ccc(F)cc4C)c(N(C)C(=O)C(C)(C)c4cc(C(F)(F)F)cc(C(F)(F)F)c4)cn3)CC[C@]2(C)C(N)=O)ncc1N(C)C(=O)C(C)(C)c1cc(C(F)(F)F)cc(C(F)(F)F)c1. The number of carbonyl (C=O) groups excluding carboxylic acids is 6. The molecule has 4 heterocycles. The lowest BCUT2D eigenvalue weighted by Crippen LogP contribution is -2.56. The first-order valence-corrected chi connectivity index (χ1v) is 29.6. The molecular weight excluding hydrogens is 1330 g/mol. The minimum absolute atomic E-state index is 0.0139. The fourth-order valence-corrected chi connectivity index (χ4v) is 11.9. The van der Waals surface area contributed by atoms with E-state index in [4.69, 9.17) is 21.1 Å². The highest BCUT2D eigenvalue weighted by Gasteiger charge is 2.55. The molecule has 2 unspecified atom stereocenters. The van der Waals surface area contributed by atoms with E-state index in [1.807, 2.05) is 0 Å². The molecule has 2 aromatic heterocycles. The Morgan fingerprint density at radius 2 is 0.786 bits per heavy atom.